The van der Waals surface area contributed by atoms with Crippen molar-refractivity contribution in [2.45, 2.75) is 25.8 Å². The number of carbonyl (C=O) groups is 1. The second kappa shape index (κ2) is 11.3. The molecule has 0 spiro atoms. The summed E-state index contributed by atoms with van der Waals surface area (Å²) in [5, 5.41) is 6.31. The number of para-hydroxylation sites is 1. The van der Waals surface area contributed by atoms with Crippen LogP contribution in [-0.2, 0) is 16.1 Å². The molecule has 0 bridgehead atoms. The summed E-state index contributed by atoms with van der Waals surface area (Å²) in [5.74, 6) is 1.56. The van der Waals surface area contributed by atoms with E-state index in [9.17, 15) is 4.79 Å². The number of methoxy groups -OCH3 is 1. The van der Waals surface area contributed by atoms with E-state index >= 15 is 0 Å². The first-order valence-corrected chi connectivity index (χ1v) is 7.96. The first-order chi connectivity index (χ1) is 10.8. The molecule has 1 fully saturated rings. The van der Waals surface area contributed by atoms with Crippen molar-refractivity contribution in [3.05, 3.63) is 29.8 Å². The van der Waals surface area contributed by atoms with Gasteiger partial charge in [0.05, 0.1) is 6.61 Å². The summed E-state index contributed by atoms with van der Waals surface area (Å²) in [6, 6.07) is 7.78. The number of halogens is 1. The predicted octanol–water partition coefficient (Wildman–Crippen LogP) is 2.14. The molecule has 23 heavy (non-hydrogen) atoms. The van der Waals surface area contributed by atoms with E-state index in [0.717, 1.165) is 30.8 Å². The molecule has 1 unspecified atom stereocenters. The van der Waals surface area contributed by atoms with Crippen LogP contribution in [0.25, 0.3) is 0 Å². The Hall–Kier alpha value is -1.30. The number of carbonyl (C=O) groups excluding carboxylic acids is 1. The van der Waals surface area contributed by atoms with Crippen LogP contribution in [0.1, 0.15) is 24.8 Å². The zero-order valence-corrected chi connectivity index (χ0v) is 14.5. The third-order valence-corrected chi connectivity index (χ3v) is 3.94. The third kappa shape index (κ3) is 7.20. The highest BCUT2D eigenvalue weighted by molar-refractivity contribution is 5.85. The molecule has 1 aromatic rings. The van der Waals surface area contributed by atoms with Gasteiger partial charge in [-0.15, -0.1) is 12.4 Å². The molecule has 0 aliphatic carbocycles. The molecule has 5 nitrogen and oxygen atoms in total. The number of hydrogen-bond acceptors (Lipinski definition) is 4. The quantitative estimate of drug-likeness (QED) is 0.675. The van der Waals surface area contributed by atoms with Crippen LogP contribution < -0.4 is 15.4 Å². The van der Waals surface area contributed by atoms with Crippen molar-refractivity contribution in [1.29, 1.82) is 0 Å². The van der Waals surface area contributed by atoms with Crippen LogP contribution in [0, 0.1) is 5.92 Å². The minimum atomic E-state index is 0. The molecule has 130 valence electrons. The molecule has 0 radical (unpaired) electrons. The van der Waals surface area contributed by atoms with Gasteiger partial charge in [0.2, 0.25) is 5.91 Å². The molecule has 1 aromatic carbocycles. The first-order valence-electron chi connectivity index (χ1n) is 7.96. The minimum Gasteiger partial charge on any atom is -0.491 e. The van der Waals surface area contributed by atoms with E-state index in [-0.39, 0.29) is 18.3 Å². The lowest BCUT2D eigenvalue weighted by Gasteiger charge is -2.12. The number of amides is 1. The highest BCUT2D eigenvalue weighted by Gasteiger charge is 2.15. The van der Waals surface area contributed by atoms with Crippen LogP contribution in [0.5, 0.6) is 5.75 Å². The van der Waals surface area contributed by atoms with E-state index in [4.69, 9.17) is 9.47 Å². The standard InChI is InChI=1S/C17H26N2O3.ClH/c1-21-10-11-22-16-5-3-2-4-15(16)13-19-17(20)7-6-14-8-9-18-12-14;/h2-5,14,18H,6-13H2,1H3,(H,19,20);1H. The molecule has 0 aromatic heterocycles. The Bertz CT molecular complexity index is 465. The van der Waals surface area contributed by atoms with Gasteiger partial charge in [0.15, 0.2) is 0 Å². The Balaban J connectivity index is 0.00000264. The Morgan fingerprint density at radius 3 is 2.91 bits per heavy atom. The van der Waals surface area contributed by atoms with E-state index < -0.39 is 0 Å². The molecule has 0 saturated carbocycles. The fraction of sp³-hybridized carbons (Fsp3) is 0.588. The second-order valence-electron chi connectivity index (χ2n) is 5.62. The zero-order chi connectivity index (χ0) is 15.6. The van der Waals surface area contributed by atoms with Gasteiger partial charge in [-0.1, -0.05) is 18.2 Å². The largest absolute Gasteiger partial charge is 0.491 e. The summed E-state index contributed by atoms with van der Waals surface area (Å²) in [6.45, 7) is 3.69. The number of ether oxygens (including phenoxy) is 2. The van der Waals surface area contributed by atoms with Gasteiger partial charge in [-0.25, -0.2) is 0 Å². The molecule has 1 saturated heterocycles. The Morgan fingerprint density at radius 1 is 1.35 bits per heavy atom. The van der Waals surface area contributed by atoms with Gasteiger partial charge in [-0.05, 0) is 37.9 Å². The summed E-state index contributed by atoms with van der Waals surface area (Å²) >= 11 is 0. The normalized spacial score (nSPS) is 16.7. The third-order valence-electron chi connectivity index (χ3n) is 3.94. The molecular formula is C17H27ClN2O3. The topological polar surface area (TPSA) is 59.6 Å². The van der Waals surface area contributed by atoms with E-state index in [0.29, 0.717) is 32.1 Å². The van der Waals surface area contributed by atoms with Gasteiger partial charge >= 0.3 is 0 Å². The smallest absolute Gasteiger partial charge is 0.220 e. The maximum Gasteiger partial charge on any atom is 0.220 e. The molecule has 2 rings (SSSR count). The van der Waals surface area contributed by atoms with Crippen molar-refractivity contribution < 1.29 is 14.3 Å². The fourth-order valence-corrected chi connectivity index (χ4v) is 2.60. The van der Waals surface area contributed by atoms with E-state index in [2.05, 4.69) is 10.6 Å². The summed E-state index contributed by atoms with van der Waals surface area (Å²) in [5.41, 5.74) is 0.995. The molecule has 2 N–H and O–H groups in total. The van der Waals surface area contributed by atoms with Gasteiger partial charge in [-0.3, -0.25) is 4.79 Å². The fourth-order valence-electron chi connectivity index (χ4n) is 2.60. The lowest BCUT2D eigenvalue weighted by atomic mass is 10.0. The van der Waals surface area contributed by atoms with Crippen molar-refractivity contribution in [3.8, 4) is 5.75 Å². The Kier molecular flexibility index (Phi) is 9.67. The van der Waals surface area contributed by atoms with Crippen LogP contribution in [0.15, 0.2) is 24.3 Å². The predicted molar refractivity (Wildman–Crippen MR) is 93.1 cm³/mol. The zero-order valence-electron chi connectivity index (χ0n) is 13.7. The Morgan fingerprint density at radius 2 is 2.17 bits per heavy atom. The van der Waals surface area contributed by atoms with Crippen molar-refractivity contribution in [2.75, 3.05) is 33.4 Å². The number of nitrogens with one attached hydrogen (secondary N) is 2. The van der Waals surface area contributed by atoms with Gasteiger partial charge in [0.25, 0.3) is 0 Å². The highest BCUT2D eigenvalue weighted by Crippen LogP contribution is 2.18. The van der Waals surface area contributed by atoms with Crippen molar-refractivity contribution >= 4 is 18.3 Å². The number of hydrogen-bond donors (Lipinski definition) is 2. The summed E-state index contributed by atoms with van der Waals surface area (Å²) in [4.78, 5) is 12.0. The molecule has 1 aliphatic heterocycles. The van der Waals surface area contributed by atoms with E-state index in [1.54, 1.807) is 7.11 Å². The number of benzene rings is 1. The van der Waals surface area contributed by atoms with Crippen LogP contribution in [-0.4, -0.2) is 39.3 Å². The maximum absolute atomic E-state index is 12.0. The monoisotopic (exact) mass is 342 g/mol. The van der Waals surface area contributed by atoms with Crippen LogP contribution in [0.4, 0.5) is 0 Å². The summed E-state index contributed by atoms with van der Waals surface area (Å²) in [7, 11) is 1.65. The van der Waals surface area contributed by atoms with Crippen molar-refractivity contribution in [3.63, 3.8) is 0 Å². The van der Waals surface area contributed by atoms with Crippen molar-refractivity contribution in [1.82, 2.24) is 10.6 Å². The molecule has 1 amide bonds. The molecule has 1 atom stereocenters. The summed E-state index contributed by atoms with van der Waals surface area (Å²) < 4.78 is 10.6. The molecule has 6 heteroatoms. The van der Waals surface area contributed by atoms with Gasteiger partial charge in [-0.2, -0.15) is 0 Å². The lowest BCUT2D eigenvalue weighted by molar-refractivity contribution is -0.121. The van der Waals surface area contributed by atoms with Crippen LogP contribution in [0.3, 0.4) is 0 Å². The lowest BCUT2D eigenvalue weighted by Crippen LogP contribution is -2.24. The van der Waals surface area contributed by atoms with E-state index in [1.807, 2.05) is 24.3 Å². The molecule has 1 heterocycles. The van der Waals surface area contributed by atoms with Gasteiger partial charge < -0.3 is 20.1 Å². The number of rotatable bonds is 9. The second-order valence-corrected chi connectivity index (χ2v) is 5.62. The van der Waals surface area contributed by atoms with E-state index in [1.165, 1.54) is 6.42 Å². The van der Waals surface area contributed by atoms with Crippen LogP contribution >= 0.6 is 12.4 Å². The average molecular weight is 343 g/mol. The van der Waals surface area contributed by atoms with Gasteiger partial charge in [0.1, 0.15) is 12.4 Å². The van der Waals surface area contributed by atoms with Crippen LogP contribution in [0.2, 0.25) is 0 Å². The van der Waals surface area contributed by atoms with Crippen molar-refractivity contribution in [2.24, 2.45) is 5.92 Å². The summed E-state index contributed by atoms with van der Waals surface area (Å²) in [6.07, 6.45) is 2.74. The maximum atomic E-state index is 12.0. The van der Waals surface area contributed by atoms with Gasteiger partial charge in [0, 0.05) is 25.6 Å². The highest BCUT2D eigenvalue weighted by atomic mass is 35.5. The minimum absolute atomic E-state index is 0. The molecule has 1 aliphatic rings. The average Bonchev–Trinajstić information content (AvgIpc) is 3.05. The SMILES string of the molecule is COCCOc1ccccc1CNC(=O)CCC1CCNC1.Cl. The first kappa shape index (κ1) is 19.7. The molecular weight excluding hydrogens is 316 g/mol. The Labute approximate surface area is 144 Å².